The van der Waals surface area contributed by atoms with E-state index in [-0.39, 0.29) is 34.6 Å². The number of sulfone groups is 1. The Labute approximate surface area is 182 Å². The molecule has 0 spiro atoms. The van der Waals surface area contributed by atoms with Crippen molar-refractivity contribution in [2.45, 2.75) is 50.4 Å². The predicted molar refractivity (Wildman–Crippen MR) is 120 cm³/mol. The number of hydrogen-bond donors (Lipinski definition) is 1. The molecule has 0 unspecified atom stereocenters. The van der Waals surface area contributed by atoms with Gasteiger partial charge in [-0.3, -0.25) is 9.36 Å². The molecule has 1 saturated heterocycles. The second-order valence-corrected chi connectivity index (χ2v) is 11.7. The molecule has 0 radical (unpaired) electrons. The number of rotatable bonds is 7. The van der Waals surface area contributed by atoms with E-state index < -0.39 is 9.84 Å². The summed E-state index contributed by atoms with van der Waals surface area (Å²) in [5.41, 5.74) is 2.26. The molecule has 9 heteroatoms. The van der Waals surface area contributed by atoms with Crippen LogP contribution in [0.25, 0.3) is 11.4 Å². The Morgan fingerprint density at radius 1 is 1.30 bits per heavy atom. The van der Waals surface area contributed by atoms with Gasteiger partial charge in [-0.1, -0.05) is 62.9 Å². The fraction of sp³-hybridized carbons (Fsp3) is 0.476. The Hall–Kier alpha value is -2.13. The maximum Gasteiger partial charge on any atom is 0.230 e. The number of aromatic nitrogens is 3. The molecule has 1 N–H and O–H groups in total. The van der Waals surface area contributed by atoms with Gasteiger partial charge in [0.15, 0.2) is 20.8 Å². The fourth-order valence-electron chi connectivity index (χ4n) is 3.33. The molecule has 1 aromatic heterocycles. The van der Waals surface area contributed by atoms with Crippen LogP contribution in [0.1, 0.15) is 32.8 Å². The summed E-state index contributed by atoms with van der Waals surface area (Å²) in [4.78, 5) is 12.3. The third-order valence-electron chi connectivity index (χ3n) is 4.97. The van der Waals surface area contributed by atoms with Gasteiger partial charge in [-0.25, -0.2) is 8.42 Å². The highest BCUT2D eigenvalue weighted by molar-refractivity contribution is 7.99. The molecule has 1 fully saturated rings. The summed E-state index contributed by atoms with van der Waals surface area (Å²) in [5.74, 6) is 0.821. The Morgan fingerprint density at radius 2 is 2.00 bits per heavy atom. The van der Waals surface area contributed by atoms with Crippen molar-refractivity contribution in [1.82, 2.24) is 20.1 Å². The minimum Gasteiger partial charge on any atom is -0.352 e. The number of amides is 1. The lowest BCUT2D eigenvalue weighted by Gasteiger charge is -2.19. The number of nitrogens with one attached hydrogen (secondary N) is 1. The van der Waals surface area contributed by atoms with Crippen molar-refractivity contribution < 1.29 is 13.2 Å². The van der Waals surface area contributed by atoms with E-state index in [2.05, 4.69) is 55.0 Å². The smallest absolute Gasteiger partial charge is 0.230 e. The number of nitrogens with zero attached hydrogens (tertiary/aromatic N) is 3. The van der Waals surface area contributed by atoms with Gasteiger partial charge in [0.2, 0.25) is 5.91 Å². The minimum atomic E-state index is -3.02. The molecular formula is C21H28N4O3S2. The summed E-state index contributed by atoms with van der Waals surface area (Å²) in [5, 5.41) is 12.0. The van der Waals surface area contributed by atoms with E-state index in [1.807, 2.05) is 16.7 Å². The minimum absolute atomic E-state index is 0.0186. The van der Waals surface area contributed by atoms with Crippen LogP contribution in [0, 0.1) is 0 Å². The maximum absolute atomic E-state index is 12.3. The van der Waals surface area contributed by atoms with Gasteiger partial charge in [-0.2, -0.15) is 0 Å². The third-order valence-corrected chi connectivity index (χ3v) is 7.70. The Balaban J connectivity index is 1.70. The number of carbonyl (C=O) groups is 1. The molecule has 0 saturated carbocycles. The molecule has 1 aromatic carbocycles. The van der Waals surface area contributed by atoms with Crippen LogP contribution < -0.4 is 5.32 Å². The van der Waals surface area contributed by atoms with Crippen molar-refractivity contribution in [2.75, 3.05) is 17.3 Å². The van der Waals surface area contributed by atoms with E-state index in [4.69, 9.17) is 0 Å². The lowest BCUT2D eigenvalue weighted by Crippen LogP contribution is -2.36. The van der Waals surface area contributed by atoms with Gasteiger partial charge in [0.1, 0.15) is 0 Å². The standard InChI is InChI=1S/C21H28N4O3S2/c1-5-11-25-19(15-6-8-16(9-7-15)21(2,3)4)23-24-20(25)29-13-18(26)22-17-10-12-30(27,28)14-17/h5-9,17H,1,10-14H2,2-4H3,(H,22,26)/t17-/m1/s1. The van der Waals surface area contributed by atoms with Crippen LogP contribution in [0.5, 0.6) is 0 Å². The fourth-order valence-corrected chi connectivity index (χ4v) is 5.76. The summed E-state index contributed by atoms with van der Waals surface area (Å²) in [7, 11) is -3.02. The zero-order valence-corrected chi connectivity index (χ0v) is 19.2. The Kier molecular flexibility index (Phi) is 6.71. The highest BCUT2D eigenvalue weighted by Crippen LogP contribution is 2.27. The molecule has 3 rings (SSSR count). The zero-order valence-electron chi connectivity index (χ0n) is 17.6. The van der Waals surface area contributed by atoms with Gasteiger partial charge in [0, 0.05) is 18.2 Å². The van der Waals surface area contributed by atoms with Crippen molar-refractivity contribution >= 4 is 27.5 Å². The second kappa shape index (κ2) is 8.93. The third kappa shape index (κ3) is 5.51. The normalized spacial score (nSPS) is 18.3. The molecule has 1 aliphatic heterocycles. The van der Waals surface area contributed by atoms with Gasteiger partial charge in [-0.05, 0) is 17.4 Å². The van der Waals surface area contributed by atoms with Crippen LogP contribution in [-0.2, 0) is 26.6 Å². The molecule has 7 nitrogen and oxygen atoms in total. The zero-order chi connectivity index (χ0) is 21.9. The van der Waals surface area contributed by atoms with Crippen molar-refractivity contribution in [3.05, 3.63) is 42.5 Å². The number of thioether (sulfide) groups is 1. The molecule has 0 aliphatic carbocycles. The number of carbonyl (C=O) groups excluding carboxylic acids is 1. The van der Waals surface area contributed by atoms with Crippen LogP contribution in [0.4, 0.5) is 0 Å². The van der Waals surface area contributed by atoms with Gasteiger partial charge >= 0.3 is 0 Å². The first-order valence-corrected chi connectivity index (χ1v) is 12.7. The first kappa shape index (κ1) is 22.6. The average molecular weight is 449 g/mol. The van der Waals surface area contributed by atoms with E-state index in [0.717, 1.165) is 11.4 Å². The van der Waals surface area contributed by atoms with Crippen LogP contribution in [-0.4, -0.2) is 52.4 Å². The second-order valence-electron chi connectivity index (χ2n) is 8.49. The number of benzene rings is 1. The van der Waals surface area contributed by atoms with Crippen LogP contribution in [0.2, 0.25) is 0 Å². The molecule has 1 atom stereocenters. The topological polar surface area (TPSA) is 94.0 Å². The van der Waals surface area contributed by atoms with Gasteiger partial charge < -0.3 is 5.32 Å². The van der Waals surface area contributed by atoms with E-state index >= 15 is 0 Å². The van der Waals surface area contributed by atoms with Crippen molar-refractivity contribution in [3.63, 3.8) is 0 Å². The lowest BCUT2D eigenvalue weighted by molar-refractivity contribution is -0.119. The molecule has 1 aliphatic rings. The highest BCUT2D eigenvalue weighted by atomic mass is 32.2. The van der Waals surface area contributed by atoms with Gasteiger partial charge in [0.05, 0.1) is 17.3 Å². The maximum atomic E-state index is 12.3. The van der Waals surface area contributed by atoms with Gasteiger partial charge in [-0.15, -0.1) is 16.8 Å². The van der Waals surface area contributed by atoms with Crippen LogP contribution in [0.3, 0.4) is 0 Å². The van der Waals surface area contributed by atoms with Crippen LogP contribution in [0.15, 0.2) is 42.1 Å². The Bertz CT molecular complexity index is 1020. The lowest BCUT2D eigenvalue weighted by atomic mass is 9.87. The van der Waals surface area contributed by atoms with Crippen molar-refractivity contribution in [1.29, 1.82) is 0 Å². The molecule has 162 valence electrons. The van der Waals surface area contributed by atoms with Gasteiger partial charge in [0.25, 0.3) is 0 Å². The summed E-state index contributed by atoms with van der Waals surface area (Å²) in [6, 6.07) is 7.96. The SMILES string of the molecule is C=CCn1c(SCC(=O)N[C@@H]2CCS(=O)(=O)C2)nnc1-c1ccc(C(C)(C)C)cc1. The Morgan fingerprint density at radius 3 is 2.57 bits per heavy atom. The summed E-state index contributed by atoms with van der Waals surface area (Å²) >= 11 is 1.28. The first-order chi connectivity index (χ1) is 14.1. The molecule has 1 amide bonds. The quantitative estimate of drug-likeness (QED) is 0.517. The van der Waals surface area contributed by atoms with E-state index in [9.17, 15) is 13.2 Å². The van der Waals surface area contributed by atoms with Crippen molar-refractivity contribution in [3.8, 4) is 11.4 Å². The monoisotopic (exact) mass is 448 g/mol. The van der Waals surface area contributed by atoms with Crippen molar-refractivity contribution in [2.24, 2.45) is 0 Å². The van der Waals surface area contributed by atoms with E-state index in [1.165, 1.54) is 17.3 Å². The van der Waals surface area contributed by atoms with E-state index in [1.54, 1.807) is 6.08 Å². The van der Waals surface area contributed by atoms with E-state index in [0.29, 0.717) is 18.1 Å². The first-order valence-electron chi connectivity index (χ1n) is 9.86. The molecular weight excluding hydrogens is 420 g/mol. The predicted octanol–water partition coefficient (Wildman–Crippen LogP) is 2.82. The van der Waals surface area contributed by atoms with Crippen LogP contribution >= 0.6 is 11.8 Å². The summed E-state index contributed by atoms with van der Waals surface area (Å²) in [6.45, 7) is 10.8. The molecule has 2 heterocycles. The summed E-state index contributed by atoms with van der Waals surface area (Å²) < 4.78 is 25.0. The molecule has 30 heavy (non-hydrogen) atoms. The number of hydrogen-bond acceptors (Lipinski definition) is 6. The number of allylic oxidation sites excluding steroid dienone is 1. The molecule has 2 aromatic rings. The average Bonchev–Trinajstić information content (AvgIpc) is 3.22. The molecule has 0 bridgehead atoms. The highest BCUT2D eigenvalue weighted by Gasteiger charge is 2.29. The summed E-state index contributed by atoms with van der Waals surface area (Å²) in [6.07, 6.45) is 2.24. The largest absolute Gasteiger partial charge is 0.352 e.